The molecule has 0 fully saturated rings. The number of allylic oxidation sites excluding steroid dienone is 1. The Morgan fingerprint density at radius 1 is 1.69 bits per heavy atom. The van der Waals surface area contributed by atoms with E-state index in [1.165, 1.54) is 11.8 Å². The molecule has 16 heavy (non-hydrogen) atoms. The lowest BCUT2D eigenvalue weighted by molar-refractivity contribution is -0.133. The monoisotopic (exact) mass is 239 g/mol. The maximum absolute atomic E-state index is 10.6. The molecule has 1 unspecified atom stereocenters. The molecule has 1 atom stereocenters. The SMILES string of the molecule is CC1=Cc2occc2C(SCC(=O)O)N1C. The van der Waals surface area contributed by atoms with Crippen molar-refractivity contribution in [3.63, 3.8) is 0 Å². The summed E-state index contributed by atoms with van der Waals surface area (Å²) in [6, 6.07) is 1.90. The summed E-state index contributed by atoms with van der Waals surface area (Å²) in [5.74, 6) is 0.126. The number of nitrogens with zero attached hydrogens (tertiary/aromatic N) is 1. The lowest BCUT2D eigenvalue weighted by Crippen LogP contribution is -2.24. The van der Waals surface area contributed by atoms with Crippen LogP contribution in [0.4, 0.5) is 0 Å². The molecule has 86 valence electrons. The van der Waals surface area contributed by atoms with Crippen molar-refractivity contribution >= 4 is 23.8 Å². The lowest BCUT2D eigenvalue weighted by atomic mass is 10.1. The van der Waals surface area contributed by atoms with Crippen molar-refractivity contribution in [2.75, 3.05) is 12.8 Å². The summed E-state index contributed by atoms with van der Waals surface area (Å²) in [5, 5.41) is 8.74. The third kappa shape index (κ3) is 1.95. The molecule has 1 aromatic rings. The number of rotatable bonds is 3. The van der Waals surface area contributed by atoms with Crippen LogP contribution in [0.25, 0.3) is 6.08 Å². The summed E-state index contributed by atoms with van der Waals surface area (Å²) in [7, 11) is 1.96. The summed E-state index contributed by atoms with van der Waals surface area (Å²) < 4.78 is 5.35. The quantitative estimate of drug-likeness (QED) is 0.877. The minimum Gasteiger partial charge on any atom is -0.481 e. The maximum Gasteiger partial charge on any atom is 0.313 e. The highest BCUT2D eigenvalue weighted by atomic mass is 32.2. The van der Waals surface area contributed by atoms with Crippen LogP contribution in [-0.2, 0) is 4.79 Å². The molecule has 5 heteroatoms. The maximum atomic E-state index is 10.6. The highest BCUT2D eigenvalue weighted by Crippen LogP contribution is 2.40. The van der Waals surface area contributed by atoms with Crippen LogP contribution in [0.1, 0.15) is 23.6 Å². The Morgan fingerprint density at radius 3 is 3.12 bits per heavy atom. The minimum atomic E-state index is -0.796. The summed E-state index contributed by atoms with van der Waals surface area (Å²) >= 11 is 1.39. The molecule has 0 aliphatic carbocycles. The van der Waals surface area contributed by atoms with Crippen molar-refractivity contribution in [2.24, 2.45) is 0 Å². The Morgan fingerprint density at radius 2 is 2.44 bits per heavy atom. The van der Waals surface area contributed by atoms with Gasteiger partial charge in [0.15, 0.2) is 0 Å². The average Bonchev–Trinajstić information content (AvgIpc) is 2.65. The number of furan rings is 1. The van der Waals surface area contributed by atoms with Crippen LogP contribution in [0, 0.1) is 0 Å². The van der Waals surface area contributed by atoms with E-state index < -0.39 is 5.97 Å². The fourth-order valence-corrected chi connectivity index (χ4v) is 2.75. The van der Waals surface area contributed by atoms with Gasteiger partial charge >= 0.3 is 5.97 Å². The van der Waals surface area contributed by atoms with E-state index in [-0.39, 0.29) is 11.1 Å². The zero-order valence-corrected chi connectivity index (χ0v) is 9.95. The summed E-state index contributed by atoms with van der Waals surface area (Å²) in [5.41, 5.74) is 2.12. The molecule has 0 radical (unpaired) electrons. The number of thioether (sulfide) groups is 1. The van der Waals surface area contributed by atoms with Gasteiger partial charge < -0.3 is 14.4 Å². The molecule has 0 amide bonds. The second-order valence-corrected chi connectivity index (χ2v) is 4.76. The Bertz CT molecular complexity index is 438. The molecule has 0 spiro atoms. The Balaban J connectivity index is 2.24. The standard InChI is InChI=1S/C11H13NO3S/c1-7-5-9-8(3-4-15-9)11(12(7)2)16-6-10(13)14/h3-5,11H,6H2,1-2H3,(H,13,14). The Hall–Kier alpha value is -1.36. The number of fused-ring (bicyclic) bond motifs is 1. The molecule has 0 aromatic carbocycles. The van der Waals surface area contributed by atoms with Gasteiger partial charge in [0.25, 0.3) is 0 Å². The molecule has 0 saturated carbocycles. The van der Waals surface area contributed by atoms with Crippen LogP contribution in [0.3, 0.4) is 0 Å². The van der Waals surface area contributed by atoms with E-state index in [9.17, 15) is 4.79 Å². The van der Waals surface area contributed by atoms with Crippen LogP contribution in [-0.4, -0.2) is 28.8 Å². The van der Waals surface area contributed by atoms with E-state index in [4.69, 9.17) is 9.52 Å². The molecule has 2 rings (SSSR count). The first-order valence-corrected chi connectivity index (χ1v) is 5.96. The fourth-order valence-electron chi connectivity index (χ4n) is 1.69. The van der Waals surface area contributed by atoms with Crippen molar-refractivity contribution in [3.05, 3.63) is 29.4 Å². The molecule has 0 bridgehead atoms. The molecule has 1 aromatic heterocycles. The third-order valence-electron chi connectivity index (χ3n) is 2.61. The van der Waals surface area contributed by atoms with Crippen molar-refractivity contribution in [3.8, 4) is 0 Å². The van der Waals surface area contributed by atoms with E-state index in [1.807, 2.05) is 26.1 Å². The van der Waals surface area contributed by atoms with Crippen molar-refractivity contribution in [1.29, 1.82) is 0 Å². The number of carbonyl (C=O) groups is 1. The van der Waals surface area contributed by atoms with Crippen LogP contribution < -0.4 is 0 Å². The van der Waals surface area contributed by atoms with E-state index in [2.05, 4.69) is 4.90 Å². The molecule has 1 aliphatic rings. The largest absolute Gasteiger partial charge is 0.481 e. The van der Waals surface area contributed by atoms with Gasteiger partial charge in [0.2, 0.25) is 0 Å². The third-order valence-corrected chi connectivity index (χ3v) is 3.91. The van der Waals surface area contributed by atoms with Gasteiger partial charge in [-0.3, -0.25) is 4.79 Å². The molecule has 1 aliphatic heterocycles. The number of aliphatic carboxylic acids is 1. The number of carboxylic acid groups (broad SMARTS) is 1. The van der Waals surface area contributed by atoms with Crippen LogP contribution in [0.15, 0.2) is 22.4 Å². The fraction of sp³-hybridized carbons (Fsp3) is 0.364. The van der Waals surface area contributed by atoms with Gasteiger partial charge in [0, 0.05) is 24.4 Å². The molecular weight excluding hydrogens is 226 g/mol. The number of hydrogen-bond acceptors (Lipinski definition) is 4. The Kier molecular flexibility index (Phi) is 2.96. The number of carboxylic acids is 1. The summed E-state index contributed by atoms with van der Waals surface area (Å²) in [4.78, 5) is 12.7. The first-order valence-electron chi connectivity index (χ1n) is 4.91. The van der Waals surface area contributed by atoms with Gasteiger partial charge in [0.05, 0.1) is 12.0 Å². The molecule has 0 saturated heterocycles. The van der Waals surface area contributed by atoms with Crippen LogP contribution in [0.5, 0.6) is 0 Å². The first-order chi connectivity index (χ1) is 7.59. The smallest absolute Gasteiger partial charge is 0.313 e. The summed E-state index contributed by atoms with van der Waals surface area (Å²) in [6.07, 6.45) is 3.61. The van der Waals surface area contributed by atoms with Gasteiger partial charge in [-0.25, -0.2) is 0 Å². The highest BCUT2D eigenvalue weighted by molar-refractivity contribution is 8.00. The van der Waals surface area contributed by atoms with Gasteiger partial charge in [-0.2, -0.15) is 0 Å². The highest BCUT2D eigenvalue weighted by Gasteiger charge is 2.27. The average molecular weight is 239 g/mol. The van der Waals surface area contributed by atoms with Gasteiger partial charge in [0.1, 0.15) is 11.1 Å². The normalized spacial score (nSPS) is 19.2. The van der Waals surface area contributed by atoms with Gasteiger partial charge in [-0.1, -0.05) is 0 Å². The zero-order valence-electron chi connectivity index (χ0n) is 9.14. The predicted octanol–water partition coefficient (Wildman–Crippen LogP) is 2.40. The molecule has 4 nitrogen and oxygen atoms in total. The molecule has 2 heterocycles. The van der Waals surface area contributed by atoms with Gasteiger partial charge in [-0.15, -0.1) is 11.8 Å². The molecular formula is C11H13NO3S. The van der Waals surface area contributed by atoms with Crippen LogP contribution in [0.2, 0.25) is 0 Å². The summed E-state index contributed by atoms with van der Waals surface area (Å²) in [6.45, 7) is 1.99. The zero-order chi connectivity index (χ0) is 11.7. The Labute approximate surface area is 97.9 Å². The predicted molar refractivity (Wildman–Crippen MR) is 63.0 cm³/mol. The van der Waals surface area contributed by atoms with Crippen molar-refractivity contribution in [2.45, 2.75) is 12.3 Å². The van der Waals surface area contributed by atoms with E-state index in [1.54, 1.807) is 6.26 Å². The second-order valence-electron chi connectivity index (χ2n) is 3.69. The van der Waals surface area contributed by atoms with Crippen molar-refractivity contribution < 1.29 is 14.3 Å². The van der Waals surface area contributed by atoms with Crippen LogP contribution >= 0.6 is 11.8 Å². The lowest BCUT2D eigenvalue weighted by Gasteiger charge is -2.32. The number of hydrogen-bond donors (Lipinski definition) is 1. The first kappa shape index (κ1) is 11.1. The molecule has 1 N–H and O–H groups in total. The van der Waals surface area contributed by atoms with Crippen molar-refractivity contribution in [1.82, 2.24) is 4.90 Å². The minimum absolute atomic E-state index is 0.0230. The second kappa shape index (κ2) is 4.25. The van der Waals surface area contributed by atoms with Gasteiger partial charge in [-0.05, 0) is 13.0 Å². The van der Waals surface area contributed by atoms with E-state index >= 15 is 0 Å². The van der Waals surface area contributed by atoms with E-state index in [0.29, 0.717) is 0 Å². The topological polar surface area (TPSA) is 53.7 Å². The van der Waals surface area contributed by atoms with E-state index in [0.717, 1.165) is 17.0 Å².